The minimum Gasteiger partial charge on any atom is -0.396 e. The summed E-state index contributed by atoms with van der Waals surface area (Å²) in [6.45, 7) is 4.41. The highest BCUT2D eigenvalue weighted by Gasteiger charge is 2.22. The summed E-state index contributed by atoms with van der Waals surface area (Å²) in [5, 5.41) is 11.0. The molecule has 5 heteroatoms. The van der Waals surface area contributed by atoms with Gasteiger partial charge in [-0.05, 0) is 20.3 Å². The zero-order valence-corrected chi connectivity index (χ0v) is 11.5. The number of aliphatic hydroxyl groups is 1. The van der Waals surface area contributed by atoms with Crippen molar-refractivity contribution in [3.63, 3.8) is 0 Å². The molecule has 1 aliphatic rings. The highest BCUT2D eigenvalue weighted by atomic mass is 35.5. The second-order valence-corrected chi connectivity index (χ2v) is 4.91. The topological polar surface area (TPSA) is 58.6 Å². The van der Waals surface area contributed by atoms with Crippen molar-refractivity contribution in [2.24, 2.45) is 0 Å². The standard InChI is InChI=1S/C13H20ClNO3/c1-9(2)18-12-5-4-10(8-11(12)14)13(17)15-6-3-7-16/h4-5,8-9,11-12,16H,3,6-7H2,1-2H3,(H,15,17). The van der Waals surface area contributed by atoms with Gasteiger partial charge in [0.1, 0.15) is 0 Å². The molecule has 2 N–H and O–H groups in total. The molecule has 1 rings (SSSR count). The van der Waals surface area contributed by atoms with Gasteiger partial charge in [0, 0.05) is 18.7 Å². The maximum Gasteiger partial charge on any atom is 0.251 e. The molecule has 0 heterocycles. The maximum absolute atomic E-state index is 11.7. The Morgan fingerprint density at radius 2 is 2.33 bits per heavy atom. The molecule has 0 aromatic rings. The molecule has 0 bridgehead atoms. The predicted molar refractivity (Wildman–Crippen MR) is 71.6 cm³/mol. The van der Waals surface area contributed by atoms with Crippen molar-refractivity contribution in [1.82, 2.24) is 5.32 Å². The molecule has 0 radical (unpaired) electrons. The number of nitrogens with one attached hydrogen (secondary N) is 1. The molecule has 0 fully saturated rings. The molecule has 2 atom stereocenters. The summed E-state index contributed by atoms with van der Waals surface area (Å²) in [7, 11) is 0. The van der Waals surface area contributed by atoms with Gasteiger partial charge >= 0.3 is 0 Å². The van der Waals surface area contributed by atoms with E-state index in [9.17, 15) is 4.79 Å². The van der Waals surface area contributed by atoms with Crippen LogP contribution in [-0.4, -0.2) is 41.8 Å². The number of hydrogen-bond acceptors (Lipinski definition) is 3. The van der Waals surface area contributed by atoms with Crippen molar-refractivity contribution >= 4 is 17.5 Å². The quantitative estimate of drug-likeness (QED) is 0.568. The van der Waals surface area contributed by atoms with Crippen molar-refractivity contribution < 1.29 is 14.6 Å². The van der Waals surface area contributed by atoms with Crippen LogP contribution in [0.15, 0.2) is 23.8 Å². The van der Waals surface area contributed by atoms with Crippen molar-refractivity contribution in [1.29, 1.82) is 0 Å². The first-order valence-corrected chi connectivity index (χ1v) is 6.57. The smallest absolute Gasteiger partial charge is 0.251 e. The first-order valence-electron chi connectivity index (χ1n) is 6.13. The van der Waals surface area contributed by atoms with Crippen molar-refractivity contribution in [3.05, 3.63) is 23.8 Å². The van der Waals surface area contributed by atoms with Gasteiger partial charge in [0.15, 0.2) is 0 Å². The van der Waals surface area contributed by atoms with Crippen LogP contribution in [0.25, 0.3) is 0 Å². The highest BCUT2D eigenvalue weighted by molar-refractivity contribution is 6.23. The van der Waals surface area contributed by atoms with Crippen LogP contribution in [0, 0.1) is 0 Å². The molecule has 2 unspecified atom stereocenters. The lowest BCUT2D eigenvalue weighted by Gasteiger charge is -2.23. The maximum atomic E-state index is 11.7. The second kappa shape index (κ2) is 7.56. The zero-order chi connectivity index (χ0) is 13.5. The van der Waals surface area contributed by atoms with Gasteiger partial charge in [-0.3, -0.25) is 4.79 Å². The first kappa shape index (κ1) is 15.2. The van der Waals surface area contributed by atoms with Crippen molar-refractivity contribution in [2.75, 3.05) is 13.2 Å². The van der Waals surface area contributed by atoms with Crippen LogP contribution in [0.3, 0.4) is 0 Å². The predicted octanol–water partition coefficient (Wildman–Crippen LogP) is 1.38. The number of ether oxygens (including phenoxy) is 1. The molecule has 1 amide bonds. The Morgan fingerprint density at radius 3 is 2.89 bits per heavy atom. The fourth-order valence-electron chi connectivity index (χ4n) is 1.60. The van der Waals surface area contributed by atoms with Crippen molar-refractivity contribution in [2.45, 2.75) is 37.9 Å². The molecular formula is C13H20ClNO3. The van der Waals surface area contributed by atoms with Crippen LogP contribution in [0.4, 0.5) is 0 Å². The highest BCUT2D eigenvalue weighted by Crippen LogP contribution is 2.20. The van der Waals surface area contributed by atoms with Gasteiger partial charge in [0.25, 0.3) is 5.91 Å². The average molecular weight is 274 g/mol. The molecule has 0 saturated heterocycles. The molecular weight excluding hydrogens is 254 g/mol. The minimum absolute atomic E-state index is 0.0671. The van der Waals surface area contributed by atoms with Gasteiger partial charge in [-0.1, -0.05) is 18.2 Å². The van der Waals surface area contributed by atoms with E-state index in [4.69, 9.17) is 21.4 Å². The summed E-state index contributed by atoms with van der Waals surface area (Å²) in [6, 6.07) is 0. The Morgan fingerprint density at radius 1 is 1.61 bits per heavy atom. The summed E-state index contributed by atoms with van der Waals surface area (Å²) in [6.07, 6.45) is 5.67. The Hall–Kier alpha value is -0.840. The molecule has 1 aliphatic carbocycles. The van der Waals surface area contributed by atoms with Crippen LogP contribution in [0.2, 0.25) is 0 Å². The third-order valence-electron chi connectivity index (χ3n) is 2.43. The van der Waals surface area contributed by atoms with Gasteiger partial charge in [0.05, 0.1) is 17.6 Å². The van der Waals surface area contributed by atoms with Gasteiger partial charge in [0.2, 0.25) is 0 Å². The molecule has 102 valence electrons. The first-order chi connectivity index (χ1) is 8.54. The molecule has 0 aromatic heterocycles. The summed E-state index contributed by atoms with van der Waals surface area (Å²) in [5.41, 5.74) is 0.538. The molecule has 0 aliphatic heterocycles. The Labute approximate surface area is 113 Å². The molecule has 0 saturated carbocycles. The van der Waals surface area contributed by atoms with E-state index in [-0.39, 0.29) is 30.1 Å². The number of hydrogen-bond donors (Lipinski definition) is 2. The van der Waals surface area contributed by atoms with Gasteiger partial charge < -0.3 is 15.2 Å². The Kier molecular flexibility index (Phi) is 6.39. The lowest BCUT2D eigenvalue weighted by atomic mass is 10.0. The lowest BCUT2D eigenvalue weighted by Crippen LogP contribution is -2.31. The van der Waals surface area contributed by atoms with Crippen LogP contribution in [0.1, 0.15) is 20.3 Å². The molecule has 0 aromatic carbocycles. The van der Waals surface area contributed by atoms with E-state index in [2.05, 4.69) is 5.32 Å². The number of aliphatic hydroxyl groups excluding tert-OH is 1. The lowest BCUT2D eigenvalue weighted by molar-refractivity contribution is -0.117. The van der Waals surface area contributed by atoms with E-state index in [0.29, 0.717) is 18.5 Å². The molecule has 0 spiro atoms. The SMILES string of the molecule is CC(C)OC1C=CC(C(=O)NCCCO)=CC1Cl. The average Bonchev–Trinajstić information content (AvgIpc) is 2.31. The number of rotatable bonds is 6. The van der Waals surface area contributed by atoms with E-state index in [1.807, 2.05) is 13.8 Å². The van der Waals surface area contributed by atoms with E-state index in [1.165, 1.54) is 0 Å². The normalized spacial score (nSPS) is 23.1. The third kappa shape index (κ3) is 4.80. The number of amides is 1. The van der Waals surface area contributed by atoms with E-state index in [0.717, 1.165) is 0 Å². The number of carbonyl (C=O) groups is 1. The van der Waals surface area contributed by atoms with E-state index in [1.54, 1.807) is 18.2 Å². The number of carbonyl (C=O) groups excluding carboxylic acids is 1. The number of halogens is 1. The fourth-order valence-corrected chi connectivity index (χ4v) is 1.87. The summed E-state index contributed by atoms with van der Waals surface area (Å²) >= 11 is 6.15. The summed E-state index contributed by atoms with van der Waals surface area (Å²) < 4.78 is 5.60. The molecule has 4 nitrogen and oxygen atoms in total. The van der Waals surface area contributed by atoms with Crippen LogP contribution >= 0.6 is 11.6 Å². The Bertz CT molecular complexity index is 339. The van der Waals surface area contributed by atoms with Crippen LogP contribution in [-0.2, 0) is 9.53 Å². The molecule has 18 heavy (non-hydrogen) atoms. The van der Waals surface area contributed by atoms with Crippen molar-refractivity contribution in [3.8, 4) is 0 Å². The zero-order valence-electron chi connectivity index (χ0n) is 10.7. The van der Waals surface area contributed by atoms with Crippen LogP contribution in [0.5, 0.6) is 0 Å². The van der Waals surface area contributed by atoms with Gasteiger partial charge in [-0.2, -0.15) is 0 Å². The largest absolute Gasteiger partial charge is 0.396 e. The van der Waals surface area contributed by atoms with Gasteiger partial charge in [-0.15, -0.1) is 11.6 Å². The summed E-state index contributed by atoms with van der Waals surface area (Å²) in [4.78, 5) is 11.7. The third-order valence-corrected chi connectivity index (χ3v) is 2.80. The Balaban J connectivity index is 2.50. The second-order valence-electron chi connectivity index (χ2n) is 4.41. The van der Waals surface area contributed by atoms with Crippen LogP contribution < -0.4 is 5.32 Å². The number of alkyl halides is 1. The summed E-state index contributed by atoms with van der Waals surface area (Å²) in [5.74, 6) is -0.173. The minimum atomic E-state index is -0.337. The van der Waals surface area contributed by atoms with E-state index >= 15 is 0 Å². The van der Waals surface area contributed by atoms with Gasteiger partial charge in [-0.25, -0.2) is 0 Å². The fraction of sp³-hybridized carbons (Fsp3) is 0.615. The van der Waals surface area contributed by atoms with E-state index < -0.39 is 0 Å². The monoisotopic (exact) mass is 273 g/mol.